The first-order chi connectivity index (χ1) is 22.3. The van der Waals surface area contributed by atoms with Crippen molar-refractivity contribution in [2.24, 2.45) is 0 Å². The van der Waals surface area contributed by atoms with Crippen LogP contribution in [0.1, 0.15) is 0 Å². The SMILES string of the molecule is c1ccc(-c2cccc(N(c3ccc4c(ccc5ccccc54)c3)c3ccc4c5ccccc5c5ccccc5c4c3)c2)cc1. The maximum absolute atomic E-state index is 2.41. The van der Waals surface area contributed by atoms with Gasteiger partial charge in [-0.2, -0.15) is 0 Å². The Bertz CT molecular complexity index is 2510. The Morgan fingerprint density at radius 3 is 1.47 bits per heavy atom. The van der Waals surface area contributed by atoms with Crippen molar-refractivity contribution in [3.8, 4) is 11.1 Å². The zero-order valence-corrected chi connectivity index (χ0v) is 24.7. The monoisotopic (exact) mass is 571 g/mol. The summed E-state index contributed by atoms with van der Waals surface area (Å²) in [4.78, 5) is 2.41. The van der Waals surface area contributed by atoms with Crippen molar-refractivity contribution in [2.75, 3.05) is 4.90 Å². The van der Waals surface area contributed by atoms with Crippen LogP contribution in [-0.2, 0) is 0 Å². The first-order valence-corrected chi connectivity index (χ1v) is 15.5. The van der Waals surface area contributed by atoms with Crippen LogP contribution in [-0.4, -0.2) is 0 Å². The summed E-state index contributed by atoms with van der Waals surface area (Å²) in [5, 5.41) is 12.7. The maximum Gasteiger partial charge on any atom is 0.0468 e. The minimum atomic E-state index is 1.13. The van der Waals surface area contributed by atoms with Crippen LogP contribution in [0.2, 0.25) is 0 Å². The number of rotatable bonds is 4. The Morgan fingerprint density at radius 1 is 0.244 bits per heavy atom. The molecule has 0 saturated heterocycles. The highest BCUT2D eigenvalue weighted by atomic mass is 15.1. The Labute approximate surface area is 262 Å². The summed E-state index contributed by atoms with van der Waals surface area (Å²) < 4.78 is 0. The van der Waals surface area contributed by atoms with Gasteiger partial charge in [-0.25, -0.2) is 0 Å². The molecule has 9 rings (SSSR count). The lowest BCUT2D eigenvalue weighted by Gasteiger charge is -2.27. The molecule has 0 unspecified atom stereocenters. The number of anilines is 3. The molecule has 0 aliphatic carbocycles. The van der Waals surface area contributed by atoms with Crippen molar-refractivity contribution in [2.45, 2.75) is 0 Å². The fourth-order valence-electron chi connectivity index (χ4n) is 7.08. The largest absolute Gasteiger partial charge is 0.310 e. The predicted molar refractivity (Wildman–Crippen MR) is 194 cm³/mol. The molecule has 0 aliphatic heterocycles. The van der Waals surface area contributed by atoms with Crippen LogP contribution < -0.4 is 4.90 Å². The molecule has 1 nitrogen and oxygen atoms in total. The van der Waals surface area contributed by atoms with Gasteiger partial charge in [0.15, 0.2) is 0 Å². The first kappa shape index (κ1) is 25.6. The van der Waals surface area contributed by atoms with E-state index in [1.807, 2.05) is 0 Å². The van der Waals surface area contributed by atoms with Crippen molar-refractivity contribution in [3.05, 3.63) is 176 Å². The second kappa shape index (κ2) is 10.4. The highest BCUT2D eigenvalue weighted by molar-refractivity contribution is 6.25. The summed E-state index contributed by atoms with van der Waals surface area (Å²) in [6.45, 7) is 0. The molecule has 1 heteroatoms. The minimum absolute atomic E-state index is 1.13. The normalized spacial score (nSPS) is 11.6. The van der Waals surface area contributed by atoms with Gasteiger partial charge < -0.3 is 4.90 Å². The third-order valence-electron chi connectivity index (χ3n) is 9.18. The number of benzene rings is 9. The van der Waals surface area contributed by atoms with E-state index < -0.39 is 0 Å². The van der Waals surface area contributed by atoms with Crippen LogP contribution in [0.25, 0.3) is 65.0 Å². The number of hydrogen-bond acceptors (Lipinski definition) is 1. The molecule has 0 aliphatic rings. The van der Waals surface area contributed by atoms with Crippen LogP contribution in [0.15, 0.2) is 176 Å². The molecule has 45 heavy (non-hydrogen) atoms. The number of fused-ring (bicyclic) bond motifs is 9. The topological polar surface area (TPSA) is 3.24 Å². The van der Waals surface area contributed by atoms with E-state index in [0.717, 1.165) is 17.1 Å². The van der Waals surface area contributed by atoms with Gasteiger partial charge >= 0.3 is 0 Å². The van der Waals surface area contributed by atoms with Crippen LogP contribution in [0.4, 0.5) is 17.1 Å². The van der Waals surface area contributed by atoms with Crippen molar-refractivity contribution >= 4 is 70.9 Å². The Balaban J connectivity index is 1.31. The first-order valence-electron chi connectivity index (χ1n) is 15.5. The highest BCUT2D eigenvalue weighted by Gasteiger charge is 2.17. The quantitative estimate of drug-likeness (QED) is 0.190. The summed E-state index contributed by atoms with van der Waals surface area (Å²) in [6.07, 6.45) is 0. The molecule has 9 aromatic carbocycles. The second-order valence-corrected chi connectivity index (χ2v) is 11.8. The van der Waals surface area contributed by atoms with Gasteiger partial charge in [-0.05, 0) is 101 Å². The molecule has 0 N–H and O–H groups in total. The molecule has 0 atom stereocenters. The summed E-state index contributed by atoms with van der Waals surface area (Å²) in [5.74, 6) is 0. The minimum Gasteiger partial charge on any atom is -0.310 e. The lowest BCUT2D eigenvalue weighted by Crippen LogP contribution is -2.10. The molecule has 0 saturated carbocycles. The molecule has 0 aromatic heterocycles. The molecule has 0 amide bonds. The third-order valence-corrected chi connectivity index (χ3v) is 9.18. The molecule has 0 heterocycles. The van der Waals surface area contributed by atoms with Crippen LogP contribution in [0, 0.1) is 0 Å². The fourth-order valence-corrected chi connectivity index (χ4v) is 7.08. The lowest BCUT2D eigenvalue weighted by atomic mass is 9.94. The Hall–Kier alpha value is -5.92. The van der Waals surface area contributed by atoms with E-state index in [0.29, 0.717) is 0 Å². The zero-order chi connectivity index (χ0) is 29.7. The lowest BCUT2D eigenvalue weighted by molar-refractivity contribution is 1.30. The Morgan fingerprint density at radius 2 is 0.733 bits per heavy atom. The fraction of sp³-hybridized carbons (Fsp3) is 0. The van der Waals surface area contributed by atoms with Gasteiger partial charge in [0, 0.05) is 17.1 Å². The molecular weight excluding hydrogens is 542 g/mol. The molecule has 9 aromatic rings. The van der Waals surface area contributed by atoms with Crippen molar-refractivity contribution < 1.29 is 0 Å². The van der Waals surface area contributed by atoms with Gasteiger partial charge in [-0.15, -0.1) is 0 Å². The molecule has 210 valence electrons. The molecular formula is C44H29N. The molecule has 0 bridgehead atoms. The number of nitrogens with zero attached hydrogens (tertiary/aromatic N) is 1. The average molecular weight is 572 g/mol. The van der Waals surface area contributed by atoms with Crippen LogP contribution in [0.3, 0.4) is 0 Å². The van der Waals surface area contributed by atoms with E-state index in [2.05, 4.69) is 181 Å². The van der Waals surface area contributed by atoms with E-state index in [-0.39, 0.29) is 0 Å². The van der Waals surface area contributed by atoms with E-state index in [1.165, 1.54) is 65.0 Å². The number of hydrogen-bond donors (Lipinski definition) is 0. The average Bonchev–Trinajstić information content (AvgIpc) is 3.12. The second-order valence-electron chi connectivity index (χ2n) is 11.8. The predicted octanol–water partition coefficient (Wildman–Crippen LogP) is 12.6. The zero-order valence-electron chi connectivity index (χ0n) is 24.7. The van der Waals surface area contributed by atoms with Gasteiger partial charge in [0.2, 0.25) is 0 Å². The maximum atomic E-state index is 2.41. The standard InChI is InChI=1S/C44H29N/c1-2-11-30(12-3-1)32-14-10-15-34(27-32)45(35-23-25-38-33(28-35)22-21-31-13-4-5-16-37(31)38)36-24-26-43-41-19-7-6-17-39(41)40-18-8-9-20-42(40)44(43)29-36/h1-29H. The van der Waals surface area contributed by atoms with E-state index in [9.17, 15) is 0 Å². The summed E-state index contributed by atoms with van der Waals surface area (Å²) in [7, 11) is 0. The smallest absolute Gasteiger partial charge is 0.0468 e. The summed E-state index contributed by atoms with van der Waals surface area (Å²) >= 11 is 0. The van der Waals surface area contributed by atoms with Crippen molar-refractivity contribution in [1.82, 2.24) is 0 Å². The van der Waals surface area contributed by atoms with Gasteiger partial charge in [-0.3, -0.25) is 0 Å². The van der Waals surface area contributed by atoms with Gasteiger partial charge in [0.05, 0.1) is 0 Å². The third kappa shape index (κ3) is 4.24. The van der Waals surface area contributed by atoms with Crippen molar-refractivity contribution in [1.29, 1.82) is 0 Å². The Kier molecular flexibility index (Phi) is 5.89. The van der Waals surface area contributed by atoms with Gasteiger partial charge in [0.1, 0.15) is 0 Å². The van der Waals surface area contributed by atoms with Crippen LogP contribution >= 0.6 is 0 Å². The van der Waals surface area contributed by atoms with E-state index >= 15 is 0 Å². The van der Waals surface area contributed by atoms with E-state index in [4.69, 9.17) is 0 Å². The van der Waals surface area contributed by atoms with E-state index in [1.54, 1.807) is 0 Å². The molecule has 0 fully saturated rings. The van der Waals surface area contributed by atoms with Gasteiger partial charge in [0.25, 0.3) is 0 Å². The summed E-state index contributed by atoms with van der Waals surface area (Å²) in [5.41, 5.74) is 5.80. The highest BCUT2D eigenvalue weighted by Crippen LogP contribution is 2.42. The molecule has 0 spiro atoms. The van der Waals surface area contributed by atoms with Crippen molar-refractivity contribution in [3.63, 3.8) is 0 Å². The van der Waals surface area contributed by atoms with Gasteiger partial charge in [-0.1, -0.05) is 140 Å². The summed E-state index contributed by atoms with van der Waals surface area (Å²) in [6, 6.07) is 64.1. The van der Waals surface area contributed by atoms with Crippen LogP contribution in [0.5, 0.6) is 0 Å². The molecule has 0 radical (unpaired) electrons.